The van der Waals surface area contributed by atoms with Gasteiger partial charge in [-0.1, -0.05) is 43.2 Å². The highest BCUT2D eigenvalue weighted by molar-refractivity contribution is 7.89. The fourth-order valence-corrected chi connectivity index (χ4v) is 6.73. The van der Waals surface area contributed by atoms with Crippen molar-refractivity contribution in [2.24, 2.45) is 5.92 Å². The molecule has 0 N–H and O–H groups in total. The molecule has 0 unspecified atom stereocenters. The number of ketones is 2. The second-order valence-corrected chi connectivity index (χ2v) is 12.1. The van der Waals surface area contributed by atoms with Gasteiger partial charge in [-0.15, -0.1) is 0 Å². The molecule has 0 spiro atoms. The van der Waals surface area contributed by atoms with Crippen molar-refractivity contribution in [3.63, 3.8) is 0 Å². The number of nitrogens with zero attached hydrogens (tertiary/aromatic N) is 2. The molecule has 1 saturated heterocycles. The average molecular weight is 602 g/mol. The van der Waals surface area contributed by atoms with Crippen LogP contribution in [0.5, 0.6) is 5.75 Å². The Morgan fingerprint density at radius 3 is 2.17 bits per heavy atom. The van der Waals surface area contributed by atoms with Crippen LogP contribution in [0.3, 0.4) is 0 Å². The van der Waals surface area contributed by atoms with Crippen LogP contribution in [-0.2, 0) is 40.3 Å². The maximum absolute atomic E-state index is 13.7. The monoisotopic (exact) mass is 601 g/mol. The van der Waals surface area contributed by atoms with Gasteiger partial charge >= 0.3 is 5.91 Å². The molecule has 2 amide bonds. The molecule has 1 saturated carbocycles. The van der Waals surface area contributed by atoms with Crippen molar-refractivity contribution in [3.05, 3.63) is 60.2 Å². The summed E-state index contributed by atoms with van der Waals surface area (Å²) in [5.74, 6) is -4.37. The largest absolute Gasteiger partial charge is 0.530 e. The first-order chi connectivity index (χ1) is 20.1. The molecule has 2 aliphatic rings. The molecule has 0 radical (unpaired) electrons. The average Bonchev–Trinajstić information content (AvgIpc) is 3.53. The molecule has 2 aromatic carbocycles. The number of sulfonamides is 1. The lowest BCUT2D eigenvalue weighted by molar-refractivity contribution is -0.275. The minimum Gasteiger partial charge on any atom is -0.530 e. The topological polar surface area (TPSA) is 160 Å². The fraction of sp³-hybridized carbons (Fsp3) is 0.448. The van der Waals surface area contributed by atoms with Crippen molar-refractivity contribution < 1.29 is 46.9 Å². The van der Waals surface area contributed by atoms with Crippen LogP contribution in [0.2, 0.25) is 0 Å². The normalized spacial score (nSPS) is 16.9. The fourth-order valence-electron chi connectivity index (χ4n) is 5.28. The highest BCUT2D eigenvalue weighted by Gasteiger charge is 2.43. The second kappa shape index (κ2) is 13.9. The van der Waals surface area contributed by atoms with E-state index in [4.69, 9.17) is 14.2 Å². The van der Waals surface area contributed by atoms with E-state index >= 15 is 0 Å². The van der Waals surface area contributed by atoms with Gasteiger partial charge in [0.1, 0.15) is 24.7 Å². The third-order valence-electron chi connectivity index (χ3n) is 7.49. The molecule has 12 nitrogen and oxygen atoms in total. The molecule has 42 heavy (non-hydrogen) atoms. The maximum atomic E-state index is 13.7. The third kappa shape index (κ3) is 7.15. The van der Waals surface area contributed by atoms with Gasteiger partial charge in [-0.3, -0.25) is 14.4 Å². The second-order valence-electron chi connectivity index (χ2n) is 10.3. The predicted octanol–water partition coefficient (Wildman–Crippen LogP) is 1.17. The van der Waals surface area contributed by atoms with E-state index in [9.17, 15) is 32.7 Å². The molecule has 1 heterocycles. The van der Waals surface area contributed by atoms with Crippen molar-refractivity contribution >= 4 is 33.6 Å². The summed E-state index contributed by atoms with van der Waals surface area (Å²) in [6.45, 7) is -0.627. The molecule has 2 aromatic rings. The highest BCUT2D eigenvalue weighted by Crippen LogP contribution is 2.29. The molecule has 1 aliphatic heterocycles. The Labute approximate surface area is 244 Å². The minimum atomic E-state index is -4.56. The number of carboxylic acid groups (broad SMARTS) is 1. The zero-order valence-electron chi connectivity index (χ0n) is 23.2. The van der Waals surface area contributed by atoms with Crippen molar-refractivity contribution in [3.8, 4) is 5.75 Å². The van der Waals surface area contributed by atoms with Gasteiger partial charge in [-0.05, 0) is 48.6 Å². The number of hydrogen-bond acceptors (Lipinski definition) is 10. The number of benzene rings is 2. The van der Waals surface area contributed by atoms with Crippen molar-refractivity contribution in [1.82, 2.24) is 9.21 Å². The summed E-state index contributed by atoms with van der Waals surface area (Å²) in [6.07, 6.45) is 0.955. The van der Waals surface area contributed by atoms with Crippen LogP contribution in [0.4, 0.5) is 4.79 Å². The van der Waals surface area contributed by atoms with Gasteiger partial charge in [0.25, 0.3) is 15.8 Å². The van der Waals surface area contributed by atoms with Crippen LogP contribution in [0.1, 0.15) is 31.2 Å². The van der Waals surface area contributed by atoms with E-state index in [0.29, 0.717) is 33.4 Å². The number of ether oxygens (including phenoxy) is 3. The van der Waals surface area contributed by atoms with E-state index in [0.717, 1.165) is 12.8 Å². The molecule has 226 valence electrons. The Kier molecular flexibility index (Phi) is 10.3. The van der Waals surface area contributed by atoms with E-state index in [1.807, 2.05) is 0 Å². The third-order valence-corrected chi connectivity index (χ3v) is 9.26. The SMILES string of the molecule is COc1ccc(S(=O)(=O)N(CC2CCCC2)C(=O)C(=O)C(=O)[C@@H](Cc2ccccc2)N(C(=O)[O-])C2COCOC2)cc1. The lowest BCUT2D eigenvalue weighted by Crippen LogP contribution is -2.61. The Hall–Kier alpha value is -3.81. The van der Waals surface area contributed by atoms with Crippen LogP contribution in [0.25, 0.3) is 0 Å². The predicted molar refractivity (Wildman–Crippen MR) is 146 cm³/mol. The quantitative estimate of drug-likeness (QED) is 0.255. The molecule has 1 atom stereocenters. The van der Waals surface area contributed by atoms with Gasteiger partial charge in [0, 0.05) is 13.0 Å². The maximum Gasteiger partial charge on any atom is 0.311 e. The van der Waals surface area contributed by atoms with Gasteiger partial charge in [0.2, 0.25) is 5.78 Å². The van der Waals surface area contributed by atoms with Crippen LogP contribution in [0, 0.1) is 5.92 Å². The first-order valence-corrected chi connectivity index (χ1v) is 15.1. The number of rotatable bonds is 12. The molecule has 4 rings (SSSR count). The molecule has 0 bridgehead atoms. The van der Waals surface area contributed by atoms with Crippen molar-refractivity contribution in [2.45, 2.75) is 49.1 Å². The smallest absolute Gasteiger partial charge is 0.311 e. The number of carbonyl (C=O) groups is 4. The Morgan fingerprint density at radius 2 is 1.60 bits per heavy atom. The van der Waals surface area contributed by atoms with E-state index in [1.54, 1.807) is 30.3 Å². The van der Waals surface area contributed by atoms with Crippen molar-refractivity contribution in [1.29, 1.82) is 0 Å². The standard InChI is InChI=1S/C29H34N2O10S/c1-39-23-11-13-24(14-12-23)42(37,38)30(16-21-9-5-6-10-21)28(34)27(33)26(32)25(15-20-7-3-2-4-8-20)31(29(35)36)22-17-40-19-41-18-22/h2-4,7-8,11-14,21-22,25H,5-6,9-10,15-19H2,1H3,(H,35,36)/p-1/t25-/m1/s1. The lowest BCUT2D eigenvalue weighted by atomic mass is 9.96. The summed E-state index contributed by atoms with van der Waals surface area (Å²) in [5, 5.41) is 12.3. The Bertz CT molecular complexity index is 1370. The summed E-state index contributed by atoms with van der Waals surface area (Å²) in [7, 11) is -3.15. The molecular weight excluding hydrogens is 568 g/mol. The number of hydrogen-bond donors (Lipinski definition) is 0. The van der Waals surface area contributed by atoms with Crippen molar-refractivity contribution in [2.75, 3.05) is 33.7 Å². The van der Waals surface area contributed by atoms with Crippen LogP contribution < -0.4 is 9.84 Å². The van der Waals surface area contributed by atoms with Crippen LogP contribution >= 0.6 is 0 Å². The minimum absolute atomic E-state index is 0.0779. The van der Waals surface area contributed by atoms with E-state index in [1.165, 1.54) is 31.4 Å². The summed E-state index contributed by atoms with van der Waals surface area (Å²) >= 11 is 0. The van der Waals surface area contributed by atoms with Gasteiger partial charge in [0.15, 0.2) is 0 Å². The van der Waals surface area contributed by atoms with Gasteiger partial charge in [-0.25, -0.2) is 12.7 Å². The number of carbonyl (C=O) groups excluding carboxylic acids is 4. The first-order valence-electron chi connectivity index (χ1n) is 13.6. The van der Waals surface area contributed by atoms with E-state index in [-0.39, 0.29) is 43.8 Å². The zero-order valence-corrected chi connectivity index (χ0v) is 24.0. The van der Waals surface area contributed by atoms with Gasteiger partial charge in [0.05, 0.1) is 31.3 Å². The van der Waals surface area contributed by atoms with E-state index < -0.39 is 45.7 Å². The van der Waals surface area contributed by atoms with Gasteiger partial charge in [-0.2, -0.15) is 0 Å². The summed E-state index contributed by atoms with van der Waals surface area (Å²) in [5.41, 5.74) is 0.508. The van der Waals surface area contributed by atoms with Gasteiger partial charge < -0.3 is 29.0 Å². The Morgan fingerprint density at radius 1 is 0.976 bits per heavy atom. The highest BCUT2D eigenvalue weighted by atomic mass is 32.2. The molecule has 13 heteroatoms. The molecule has 0 aromatic heterocycles. The number of amides is 2. The molecule has 1 aliphatic carbocycles. The number of Topliss-reactive ketones (excluding diaryl/α,β-unsaturated/α-hetero) is 2. The molecular formula is C29H33N2O10S-. The molecule has 2 fully saturated rings. The zero-order chi connectivity index (χ0) is 30.3. The number of methoxy groups -OCH3 is 1. The van der Waals surface area contributed by atoms with E-state index in [2.05, 4.69) is 0 Å². The van der Waals surface area contributed by atoms with Crippen LogP contribution in [-0.4, -0.2) is 86.9 Å². The Balaban J connectivity index is 1.69. The lowest BCUT2D eigenvalue weighted by Gasteiger charge is -2.40. The first kappa shape index (κ1) is 31.1. The summed E-state index contributed by atoms with van der Waals surface area (Å²) in [4.78, 5) is 53.7. The summed E-state index contributed by atoms with van der Waals surface area (Å²) < 4.78 is 43.3. The summed E-state index contributed by atoms with van der Waals surface area (Å²) in [6, 6.07) is 10.9. The van der Waals surface area contributed by atoms with Crippen LogP contribution in [0.15, 0.2) is 59.5 Å².